The Bertz CT molecular complexity index is 534. The molecular formula is C14H16F2N2S. The molecular weight excluding hydrogens is 266 g/mol. The van der Waals surface area contributed by atoms with E-state index in [1.165, 1.54) is 12.1 Å². The van der Waals surface area contributed by atoms with Gasteiger partial charge in [0.2, 0.25) is 0 Å². The monoisotopic (exact) mass is 282 g/mol. The van der Waals surface area contributed by atoms with Crippen molar-refractivity contribution in [2.75, 3.05) is 6.54 Å². The second-order valence-electron chi connectivity index (χ2n) is 4.49. The number of aromatic nitrogens is 1. The number of thiazole rings is 1. The van der Waals surface area contributed by atoms with Gasteiger partial charge in [0.25, 0.3) is 0 Å². The number of nitrogens with zero attached hydrogens (tertiary/aromatic N) is 1. The minimum absolute atomic E-state index is 0.0927. The average molecular weight is 282 g/mol. The van der Waals surface area contributed by atoms with Crippen molar-refractivity contribution < 1.29 is 8.78 Å². The largest absolute Gasteiger partial charge is 0.310 e. The van der Waals surface area contributed by atoms with Gasteiger partial charge in [0.05, 0.1) is 10.7 Å². The lowest BCUT2D eigenvalue weighted by molar-refractivity contribution is 0.546. The number of aryl methyl sites for hydroxylation is 1. The second-order valence-corrected chi connectivity index (χ2v) is 5.55. The van der Waals surface area contributed by atoms with Crippen LogP contribution >= 0.6 is 11.3 Å². The molecule has 0 radical (unpaired) electrons. The topological polar surface area (TPSA) is 24.9 Å². The molecule has 0 fully saturated rings. The molecule has 0 aliphatic carbocycles. The molecule has 1 N–H and O–H groups in total. The highest BCUT2D eigenvalue weighted by molar-refractivity contribution is 7.09. The van der Waals surface area contributed by atoms with Gasteiger partial charge in [-0.15, -0.1) is 11.3 Å². The zero-order valence-electron chi connectivity index (χ0n) is 10.9. The van der Waals surface area contributed by atoms with Crippen molar-refractivity contribution in [3.05, 3.63) is 51.5 Å². The fraction of sp³-hybridized carbons (Fsp3) is 0.357. The van der Waals surface area contributed by atoms with Crippen LogP contribution in [0.1, 0.15) is 29.2 Å². The Morgan fingerprint density at radius 3 is 2.53 bits per heavy atom. The van der Waals surface area contributed by atoms with Crippen LogP contribution < -0.4 is 5.32 Å². The summed E-state index contributed by atoms with van der Waals surface area (Å²) >= 11 is 1.63. The van der Waals surface area contributed by atoms with E-state index < -0.39 is 11.6 Å². The van der Waals surface area contributed by atoms with Gasteiger partial charge in [-0.1, -0.05) is 0 Å². The highest BCUT2D eigenvalue weighted by Gasteiger charge is 2.08. The summed E-state index contributed by atoms with van der Waals surface area (Å²) in [4.78, 5) is 4.37. The molecule has 5 heteroatoms. The molecule has 2 aromatic rings. The predicted octanol–water partition coefficient (Wildman–Crippen LogP) is 3.62. The van der Waals surface area contributed by atoms with Gasteiger partial charge in [0, 0.05) is 30.5 Å². The Balaban J connectivity index is 1.88. The van der Waals surface area contributed by atoms with Crippen molar-refractivity contribution in [3.8, 4) is 0 Å². The molecule has 0 saturated heterocycles. The maximum absolute atomic E-state index is 13.1. The Labute approximate surface area is 115 Å². The van der Waals surface area contributed by atoms with E-state index in [1.807, 2.05) is 19.2 Å². The normalized spacial score (nSPS) is 12.6. The Morgan fingerprint density at radius 1 is 1.26 bits per heavy atom. The zero-order chi connectivity index (χ0) is 13.8. The van der Waals surface area contributed by atoms with Gasteiger partial charge in [-0.25, -0.2) is 13.8 Å². The first-order valence-corrected chi connectivity index (χ1v) is 7.03. The predicted molar refractivity (Wildman–Crippen MR) is 73.3 cm³/mol. The molecule has 0 spiro atoms. The lowest BCUT2D eigenvalue weighted by Crippen LogP contribution is -2.21. The minimum atomic E-state index is -0.543. The smallest absolute Gasteiger partial charge is 0.126 e. The zero-order valence-corrected chi connectivity index (χ0v) is 11.7. The highest BCUT2D eigenvalue weighted by Crippen LogP contribution is 2.16. The maximum Gasteiger partial charge on any atom is 0.126 e. The minimum Gasteiger partial charge on any atom is -0.310 e. The first-order chi connectivity index (χ1) is 9.04. The number of rotatable bonds is 5. The molecule has 1 aromatic carbocycles. The number of benzene rings is 1. The van der Waals surface area contributed by atoms with E-state index in [0.29, 0.717) is 5.56 Å². The van der Waals surface area contributed by atoms with Crippen LogP contribution in [0.15, 0.2) is 23.6 Å². The van der Waals surface area contributed by atoms with E-state index in [2.05, 4.69) is 10.3 Å². The summed E-state index contributed by atoms with van der Waals surface area (Å²) in [5, 5.41) is 6.32. The molecule has 1 unspecified atom stereocenters. The van der Waals surface area contributed by atoms with Gasteiger partial charge in [-0.05, 0) is 31.5 Å². The summed E-state index contributed by atoms with van der Waals surface area (Å²) in [5.41, 5.74) is 1.67. The van der Waals surface area contributed by atoms with E-state index in [4.69, 9.17) is 0 Å². The van der Waals surface area contributed by atoms with Gasteiger partial charge in [-0.2, -0.15) is 0 Å². The lowest BCUT2D eigenvalue weighted by Gasteiger charge is -2.14. The van der Waals surface area contributed by atoms with Crippen molar-refractivity contribution in [1.29, 1.82) is 0 Å². The summed E-state index contributed by atoms with van der Waals surface area (Å²) in [6.45, 7) is 4.59. The summed E-state index contributed by atoms with van der Waals surface area (Å²) in [6.07, 6.45) is 0.812. The van der Waals surface area contributed by atoms with Crippen molar-refractivity contribution in [1.82, 2.24) is 10.3 Å². The third-order valence-electron chi connectivity index (χ3n) is 2.88. The van der Waals surface area contributed by atoms with Crippen molar-refractivity contribution >= 4 is 11.3 Å². The van der Waals surface area contributed by atoms with E-state index >= 15 is 0 Å². The lowest BCUT2D eigenvalue weighted by atomic mass is 10.1. The number of hydrogen-bond donors (Lipinski definition) is 1. The van der Waals surface area contributed by atoms with Crippen molar-refractivity contribution in [3.63, 3.8) is 0 Å². The molecule has 1 atom stereocenters. The van der Waals surface area contributed by atoms with Crippen LogP contribution in [-0.2, 0) is 6.42 Å². The SMILES string of the molecule is Cc1nc(CCNC(C)c2cc(F)cc(F)c2)cs1. The van der Waals surface area contributed by atoms with Crippen LogP contribution in [0.5, 0.6) is 0 Å². The van der Waals surface area contributed by atoms with Gasteiger partial charge in [0.15, 0.2) is 0 Å². The van der Waals surface area contributed by atoms with Crippen molar-refractivity contribution in [2.24, 2.45) is 0 Å². The summed E-state index contributed by atoms with van der Waals surface area (Å²) in [6, 6.07) is 3.50. The van der Waals surface area contributed by atoms with E-state index in [9.17, 15) is 8.78 Å². The van der Waals surface area contributed by atoms with Gasteiger partial charge < -0.3 is 5.32 Å². The molecule has 19 heavy (non-hydrogen) atoms. The van der Waals surface area contributed by atoms with E-state index in [-0.39, 0.29) is 6.04 Å². The van der Waals surface area contributed by atoms with Crippen LogP contribution in [0.4, 0.5) is 8.78 Å². The van der Waals surface area contributed by atoms with E-state index in [1.54, 1.807) is 11.3 Å². The fourth-order valence-electron chi connectivity index (χ4n) is 1.88. The Kier molecular flexibility index (Phi) is 4.61. The molecule has 2 rings (SSSR count). The summed E-state index contributed by atoms with van der Waals surface area (Å²) < 4.78 is 26.2. The number of halogens is 2. The molecule has 0 bridgehead atoms. The third kappa shape index (κ3) is 4.08. The Morgan fingerprint density at radius 2 is 1.95 bits per heavy atom. The molecule has 102 valence electrons. The van der Waals surface area contributed by atoms with Gasteiger partial charge in [0.1, 0.15) is 11.6 Å². The molecule has 0 aliphatic heterocycles. The second kappa shape index (κ2) is 6.21. The first-order valence-electron chi connectivity index (χ1n) is 6.15. The highest BCUT2D eigenvalue weighted by atomic mass is 32.1. The van der Waals surface area contributed by atoms with Crippen LogP contribution in [0.2, 0.25) is 0 Å². The van der Waals surface area contributed by atoms with Crippen LogP contribution in [0, 0.1) is 18.6 Å². The fourth-order valence-corrected chi connectivity index (χ4v) is 2.53. The third-order valence-corrected chi connectivity index (χ3v) is 3.71. The van der Waals surface area contributed by atoms with Gasteiger partial charge >= 0.3 is 0 Å². The van der Waals surface area contributed by atoms with Crippen LogP contribution in [0.3, 0.4) is 0 Å². The molecule has 0 saturated carbocycles. The summed E-state index contributed by atoms with van der Waals surface area (Å²) in [5.74, 6) is -1.09. The van der Waals surface area contributed by atoms with Crippen molar-refractivity contribution in [2.45, 2.75) is 26.3 Å². The molecule has 2 nitrogen and oxygen atoms in total. The van der Waals surface area contributed by atoms with Crippen LogP contribution in [0.25, 0.3) is 0 Å². The molecule has 0 aliphatic rings. The Hall–Kier alpha value is -1.33. The van der Waals surface area contributed by atoms with Crippen LogP contribution in [-0.4, -0.2) is 11.5 Å². The first kappa shape index (κ1) is 14.1. The molecule has 1 heterocycles. The number of nitrogens with one attached hydrogen (secondary N) is 1. The van der Waals surface area contributed by atoms with Gasteiger partial charge in [-0.3, -0.25) is 0 Å². The maximum atomic E-state index is 13.1. The number of hydrogen-bond acceptors (Lipinski definition) is 3. The summed E-state index contributed by atoms with van der Waals surface area (Å²) in [7, 11) is 0. The molecule has 1 aromatic heterocycles. The standard InChI is InChI=1S/C14H16F2N2S/c1-9(11-5-12(15)7-13(16)6-11)17-4-3-14-8-19-10(2)18-14/h5-9,17H,3-4H2,1-2H3. The van der Waals surface area contributed by atoms with E-state index in [0.717, 1.165) is 29.7 Å². The average Bonchev–Trinajstić information content (AvgIpc) is 2.73. The molecule has 0 amide bonds. The quantitative estimate of drug-likeness (QED) is 0.906.